The van der Waals surface area contributed by atoms with E-state index in [1.54, 1.807) is 0 Å². The second-order valence-electron chi connectivity index (χ2n) is 3.93. The van der Waals surface area contributed by atoms with Crippen molar-refractivity contribution in [2.24, 2.45) is 0 Å². The average molecular weight is 214 g/mol. The normalized spacial score (nSPS) is 28.9. The Morgan fingerprint density at radius 3 is 2.71 bits per heavy atom. The predicted octanol–water partition coefficient (Wildman–Crippen LogP) is 0.704. The summed E-state index contributed by atoms with van der Waals surface area (Å²) >= 11 is 1.85. The molecule has 3 nitrogen and oxygen atoms in total. The Kier molecular flexibility index (Phi) is 3.70. The zero-order chi connectivity index (χ0) is 9.80. The van der Waals surface area contributed by atoms with E-state index in [0.29, 0.717) is 5.91 Å². The van der Waals surface area contributed by atoms with E-state index in [0.717, 1.165) is 32.6 Å². The number of nitrogens with one attached hydrogen (secondary N) is 1. The van der Waals surface area contributed by atoms with Crippen LogP contribution in [0.5, 0.6) is 0 Å². The Hall–Kier alpha value is -0.220. The van der Waals surface area contributed by atoms with Crippen molar-refractivity contribution in [3.8, 4) is 0 Å². The Bertz CT molecular complexity index is 178. The molecule has 0 aromatic rings. The molecule has 0 radical (unpaired) electrons. The summed E-state index contributed by atoms with van der Waals surface area (Å²) in [6.45, 7) is 3.72. The monoisotopic (exact) mass is 214 g/mol. The van der Waals surface area contributed by atoms with Gasteiger partial charge in [0.25, 0.3) is 0 Å². The summed E-state index contributed by atoms with van der Waals surface area (Å²) < 4.78 is 0. The van der Waals surface area contributed by atoms with Crippen LogP contribution in [0, 0.1) is 0 Å². The van der Waals surface area contributed by atoms with Crippen LogP contribution < -0.4 is 5.32 Å². The second kappa shape index (κ2) is 5.03. The maximum Gasteiger partial charge on any atom is 0.235 e. The van der Waals surface area contributed by atoms with E-state index in [1.807, 2.05) is 16.7 Å². The van der Waals surface area contributed by atoms with Gasteiger partial charge >= 0.3 is 0 Å². The molecule has 0 aromatic heterocycles. The van der Waals surface area contributed by atoms with Crippen LogP contribution >= 0.6 is 11.8 Å². The van der Waals surface area contributed by atoms with Gasteiger partial charge in [0.15, 0.2) is 0 Å². The lowest BCUT2D eigenvalue weighted by Crippen LogP contribution is -2.49. The SMILES string of the molecule is O=C(C1CCCCS1)N1CCNCC1. The summed E-state index contributed by atoms with van der Waals surface area (Å²) in [5.74, 6) is 1.55. The fourth-order valence-corrected chi connectivity index (χ4v) is 3.30. The number of piperazine rings is 1. The van der Waals surface area contributed by atoms with Crippen LogP contribution in [0.25, 0.3) is 0 Å². The minimum absolute atomic E-state index is 0.266. The molecule has 1 unspecified atom stereocenters. The number of nitrogens with zero attached hydrogens (tertiary/aromatic N) is 1. The first kappa shape index (κ1) is 10.3. The fourth-order valence-electron chi connectivity index (χ4n) is 2.02. The zero-order valence-corrected chi connectivity index (χ0v) is 9.31. The highest BCUT2D eigenvalue weighted by atomic mass is 32.2. The van der Waals surface area contributed by atoms with Crippen LogP contribution in [0.4, 0.5) is 0 Å². The van der Waals surface area contributed by atoms with Gasteiger partial charge in [0.2, 0.25) is 5.91 Å². The third kappa shape index (κ3) is 2.42. The largest absolute Gasteiger partial charge is 0.339 e. The molecule has 2 rings (SSSR count). The summed E-state index contributed by atoms with van der Waals surface area (Å²) in [7, 11) is 0. The number of rotatable bonds is 1. The minimum atomic E-state index is 0.266. The van der Waals surface area contributed by atoms with Crippen molar-refractivity contribution in [1.82, 2.24) is 10.2 Å². The van der Waals surface area contributed by atoms with Crippen molar-refractivity contribution in [3.63, 3.8) is 0 Å². The first-order valence-electron chi connectivity index (χ1n) is 5.49. The molecule has 4 heteroatoms. The molecule has 1 amide bonds. The van der Waals surface area contributed by atoms with Gasteiger partial charge < -0.3 is 10.2 Å². The predicted molar refractivity (Wildman–Crippen MR) is 59.5 cm³/mol. The molecule has 2 fully saturated rings. The molecule has 2 aliphatic heterocycles. The summed E-state index contributed by atoms with van der Waals surface area (Å²) in [6, 6.07) is 0. The van der Waals surface area contributed by atoms with Crippen LogP contribution in [0.1, 0.15) is 19.3 Å². The molecule has 0 saturated carbocycles. The Morgan fingerprint density at radius 1 is 1.29 bits per heavy atom. The van der Waals surface area contributed by atoms with E-state index in [4.69, 9.17) is 0 Å². The van der Waals surface area contributed by atoms with Gasteiger partial charge in [-0.25, -0.2) is 0 Å². The second-order valence-corrected chi connectivity index (χ2v) is 5.24. The van der Waals surface area contributed by atoms with E-state index in [-0.39, 0.29) is 5.25 Å². The molecule has 14 heavy (non-hydrogen) atoms. The third-order valence-corrected chi connectivity index (χ3v) is 4.25. The van der Waals surface area contributed by atoms with Crippen molar-refractivity contribution < 1.29 is 4.79 Å². The topological polar surface area (TPSA) is 32.3 Å². The molecular weight excluding hydrogens is 196 g/mol. The maximum atomic E-state index is 12.0. The minimum Gasteiger partial charge on any atom is -0.339 e. The van der Waals surface area contributed by atoms with E-state index >= 15 is 0 Å². The summed E-state index contributed by atoms with van der Waals surface area (Å²) in [6.07, 6.45) is 3.61. The molecule has 2 heterocycles. The number of thioether (sulfide) groups is 1. The van der Waals surface area contributed by atoms with Gasteiger partial charge in [-0.15, -0.1) is 11.8 Å². The highest BCUT2D eigenvalue weighted by Gasteiger charge is 2.26. The van der Waals surface area contributed by atoms with E-state index < -0.39 is 0 Å². The third-order valence-electron chi connectivity index (χ3n) is 2.88. The molecule has 80 valence electrons. The van der Waals surface area contributed by atoms with Crippen molar-refractivity contribution in [2.45, 2.75) is 24.5 Å². The molecule has 0 spiro atoms. The van der Waals surface area contributed by atoms with Gasteiger partial charge in [-0.2, -0.15) is 0 Å². The Morgan fingerprint density at radius 2 is 2.07 bits per heavy atom. The molecule has 0 aliphatic carbocycles. The summed E-state index contributed by atoms with van der Waals surface area (Å²) in [5, 5.41) is 3.54. The standard InChI is InChI=1S/C10H18N2OS/c13-10(9-3-1-2-8-14-9)12-6-4-11-5-7-12/h9,11H,1-8H2. The molecule has 2 aliphatic rings. The lowest BCUT2D eigenvalue weighted by molar-refractivity contribution is -0.131. The van der Waals surface area contributed by atoms with Crippen LogP contribution in [-0.4, -0.2) is 48.0 Å². The lowest BCUT2D eigenvalue weighted by Gasteiger charge is -2.31. The van der Waals surface area contributed by atoms with Gasteiger partial charge in [0, 0.05) is 26.2 Å². The fraction of sp³-hybridized carbons (Fsp3) is 0.900. The smallest absolute Gasteiger partial charge is 0.235 e. The summed E-state index contributed by atoms with van der Waals surface area (Å²) in [5.41, 5.74) is 0. The maximum absolute atomic E-state index is 12.0. The first-order valence-corrected chi connectivity index (χ1v) is 6.54. The van der Waals surface area contributed by atoms with Gasteiger partial charge in [-0.3, -0.25) is 4.79 Å². The zero-order valence-electron chi connectivity index (χ0n) is 8.50. The van der Waals surface area contributed by atoms with Crippen molar-refractivity contribution >= 4 is 17.7 Å². The molecule has 1 N–H and O–H groups in total. The van der Waals surface area contributed by atoms with Crippen molar-refractivity contribution in [1.29, 1.82) is 0 Å². The van der Waals surface area contributed by atoms with Crippen LogP contribution in [-0.2, 0) is 4.79 Å². The van der Waals surface area contributed by atoms with E-state index in [2.05, 4.69) is 5.32 Å². The van der Waals surface area contributed by atoms with Crippen LogP contribution in [0.15, 0.2) is 0 Å². The van der Waals surface area contributed by atoms with Crippen molar-refractivity contribution in [3.05, 3.63) is 0 Å². The number of hydrogen-bond acceptors (Lipinski definition) is 3. The van der Waals surface area contributed by atoms with Gasteiger partial charge in [-0.1, -0.05) is 6.42 Å². The number of carbonyl (C=O) groups is 1. The molecule has 0 bridgehead atoms. The number of hydrogen-bond donors (Lipinski definition) is 1. The van der Waals surface area contributed by atoms with Crippen LogP contribution in [0.2, 0.25) is 0 Å². The molecule has 2 saturated heterocycles. The quantitative estimate of drug-likeness (QED) is 0.697. The lowest BCUT2D eigenvalue weighted by atomic mass is 10.1. The molecule has 1 atom stereocenters. The molecule has 0 aromatic carbocycles. The Balaban J connectivity index is 1.85. The van der Waals surface area contributed by atoms with Crippen LogP contribution in [0.3, 0.4) is 0 Å². The highest BCUT2D eigenvalue weighted by molar-refractivity contribution is 8.00. The van der Waals surface area contributed by atoms with E-state index in [9.17, 15) is 4.79 Å². The summed E-state index contributed by atoms with van der Waals surface area (Å²) in [4.78, 5) is 14.1. The highest BCUT2D eigenvalue weighted by Crippen LogP contribution is 2.26. The average Bonchev–Trinajstić information content (AvgIpc) is 2.30. The first-order chi connectivity index (χ1) is 6.88. The number of carbonyl (C=O) groups excluding carboxylic acids is 1. The van der Waals surface area contributed by atoms with E-state index in [1.165, 1.54) is 18.6 Å². The van der Waals surface area contributed by atoms with Crippen molar-refractivity contribution in [2.75, 3.05) is 31.9 Å². The Labute approximate surface area is 89.6 Å². The van der Waals surface area contributed by atoms with Gasteiger partial charge in [0.05, 0.1) is 5.25 Å². The molecular formula is C10H18N2OS. The van der Waals surface area contributed by atoms with Gasteiger partial charge in [0.1, 0.15) is 0 Å². The van der Waals surface area contributed by atoms with Gasteiger partial charge in [-0.05, 0) is 18.6 Å². The number of amides is 1.